The van der Waals surface area contributed by atoms with Crippen LogP contribution >= 0.6 is 0 Å². The lowest BCUT2D eigenvalue weighted by Gasteiger charge is -2.13. The molecule has 0 atom stereocenters. The molecule has 0 spiro atoms. The van der Waals surface area contributed by atoms with Gasteiger partial charge in [0.2, 0.25) is 10.0 Å². The minimum absolute atomic E-state index is 0.237. The number of rotatable bonds is 7. The second-order valence-corrected chi connectivity index (χ2v) is 8.45. The summed E-state index contributed by atoms with van der Waals surface area (Å²) in [6.07, 6.45) is 0. The van der Waals surface area contributed by atoms with Crippen molar-refractivity contribution in [3.8, 4) is 0 Å². The number of sulfonamides is 1. The molecule has 27 heavy (non-hydrogen) atoms. The molecule has 0 amide bonds. The standard InChI is InChI=1S/C20H24N4O2S/c1-15-13-20(18-9-4-5-10-19(18)22-15)23-16-7-6-8-17(14-16)27(25,26)21-11-12-24(2)3/h4-10,13-14,21H,11-12H2,1-3H3,(H,22,23). The first-order valence-corrected chi connectivity index (χ1v) is 10.2. The van der Waals surface area contributed by atoms with Gasteiger partial charge >= 0.3 is 0 Å². The largest absolute Gasteiger partial charge is 0.355 e. The van der Waals surface area contributed by atoms with Crippen LogP contribution in [0.3, 0.4) is 0 Å². The molecule has 2 aromatic carbocycles. The first kappa shape index (κ1) is 19.3. The Hall–Kier alpha value is -2.48. The van der Waals surface area contributed by atoms with Crippen molar-refractivity contribution in [1.29, 1.82) is 0 Å². The Kier molecular flexibility index (Phi) is 5.74. The number of aromatic nitrogens is 1. The van der Waals surface area contributed by atoms with Gasteiger partial charge in [0.05, 0.1) is 10.4 Å². The number of aryl methyl sites for hydroxylation is 1. The van der Waals surface area contributed by atoms with E-state index in [4.69, 9.17) is 0 Å². The zero-order valence-corrected chi connectivity index (χ0v) is 16.5. The van der Waals surface area contributed by atoms with E-state index in [1.54, 1.807) is 18.2 Å². The SMILES string of the molecule is Cc1cc(Nc2cccc(S(=O)(=O)NCCN(C)C)c2)c2ccccc2n1. The Morgan fingerprint density at radius 2 is 1.81 bits per heavy atom. The molecule has 0 saturated carbocycles. The number of pyridine rings is 1. The van der Waals surface area contributed by atoms with Crippen molar-refractivity contribution < 1.29 is 8.42 Å². The fraction of sp³-hybridized carbons (Fsp3) is 0.250. The lowest BCUT2D eigenvalue weighted by Crippen LogP contribution is -2.31. The number of nitrogens with zero attached hydrogens (tertiary/aromatic N) is 2. The Balaban J connectivity index is 1.87. The molecule has 7 heteroatoms. The summed E-state index contributed by atoms with van der Waals surface area (Å²) in [6.45, 7) is 2.94. The maximum Gasteiger partial charge on any atom is 0.240 e. The van der Waals surface area contributed by atoms with E-state index in [0.717, 1.165) is 22.3 Å². The smallest absolute Gasteiger partial charge is 0.240 e. The van der Waals surface area contributed by atoms with Crippen LogP contribution in [0.2, 0.25) is 0 Å². The molecular weight excluding hydrogens is 360 g/mol. The van der Waals surface area contributed by atoms with Gasteiger partial charge in [0.25, 0.3) is 0 Å². The number of anilines is 2. The second kappa shape index (κ2) is 8.04. The van der Waals surface area contributed by atoms with Crippen LogP contribution < -0.4 is 10.0 Å². The van der Waals surface area contributed by atoms with E-state index in [1.165, 1.54) is 0 Å². The highest BCUT2D eigenvalue weighted by Crippen LogP contribution is 2.27. The molecule has 0 saturated heterocycles. The van der Waals surface area contributed by atoms with Crippen molar-refractivity contribution in [3.63, 3.8) is 0 Å². The number of benzene rings is 2. The van der Waals surface area contributed by atoms with Crippen LogP contribution in [-0.4, -0.2) is 45.5 Å². The van der Waals surface area contributed by atoms with Gasteiger partial charge in [-0.15, -0.1) is 0 Å². The molecular formula is C20H24N4O2S. The van der Waals surface area contributed by atoms with Crippen LogP contribution in [0.15, 0.2) is 59.5 Å². The molecule has 0 fully saturated rings. The van der Waals surface area contributed by atoms with Crippen LogP contribution in [0.5, 0.6) is 0 Å². The highest BCUT2D eigenvalue weighted by Gasteiger charge is 2.14. The van der Waals surface area contributed by atoms with E-state index in [0.29, 0.717) is 18.8 Å². The van der Waals surface area contributed by atoms with Crippen LogP contribution in [0.25, 0.3) is 10.9 Å². The second-order valence-electron chi connectivity index (χ2n) is 6.68. The summed E-state index contributed by atoms with van der Waals surface area (Å²) in [5.74, 6) is 0. The van der Waals surface area contributed by atoms with E-state index in [-0.39, 0.29) is 4.90 Å². The zero-order chi connectivity index (χ0) is 19.4. The lowest BCUT2D eigenvalue weighted by atomic mass is 10.1. The summed E-state index contributed by atoms with van der Waals surface area (Å²) in [7, 11) is 0.255. The van der Waals surface area contributed by atoms with Gasteiger partial charge < -0.3 is 10.2 Å². The van der Waals surface area contributed by atoms with Gasteiger partial charge in [-0.3, -0.25) is 4.98 Å². The van der Waals surface area contributed by atoms with Crippen LogP contribution in [-0.2, 0) is 10.0 Å². The van der Waals surface area contributed by atoms with Crippen molar-refractivity contribution >= 4 is 32.3 Å². The van der Waals surface area contributed by atoms with Crippen molar-refractivity contribution in [1.82, 2.24) is 14.6 Å². The van der Waals surface area contributed by atoms with Gasteiger partial charge in [0, 0.05) is 35.5 Å². The highest BCUT2D eigenvalue weighted by atomic mass is 32.2. The topological polar surface area (TPSA) is 74.3 Å². The lowest BCUT2D eigenvalue weighted by molar-refractivity contribution is 0.412. The predicted molar refractivity (Wildman–Crippen MR) is 110 cm³/mol. The molecule has 0 unspecified atom stereocenters. The number of hydrogen-bond donors (Lipinski definition) is 2. The summed E-state index contributed by atoms with van der Waals surface area (Å²) in [6, 6.07) is 16.6. The molecule has 0 aliphatic heterocycles. The van der Waals surface area contributed by atoms with E-state index in [9.17, 15) is 8.42 Å². The molecule has 2 N–H and O–H groups in total. The number of nitrogens with one attached hydrogen (secondary N) is 2. The van der Waals surface area contributed by atoms with Crippen molar-refractivity contribution in [2.45, 2.75) is 11.8 Å². The Morgan fingerprint density at radius 3 is 2.59 bits per heavy atom. The summed E-state index contributed by atoms with van der Waals surface area (Å²) in [5, 5.41) is 4.32. The third kappa shape index (κ3) is 4.82. The Bertz CT molecular complexity index is 1050. The van der Waals surface area contributed by atoms with Gasteiger partial charge in [-0.05, 0) is 51.4 Å². The van der Waals surface area contributed by atoms with Crippen molar-refractivity contribution in [3.05, 3.63) is 60.3 Å². The van der Waals surface area contributed by atoms with Crippen LogP contribution in [0, 0.1) is 6.92 Å². The average molecular weight is 385 g/mol. The zero-order valence-electron chi connectivity index (χ0n) is 15.7. The van der Waals surface area contributed by atoms with Gasteiger partial charge in [0.15, 0.2) is 0 Å². The molecule has 3 aromatic rings. The van der Waals surface area contributed by atoms with Crippen molar-refractivity contribution in [2.24, 2.45) is 0 Å². The van der Waals surface area contributed by atoms with E-state index < -0.39 is 10.0 Å². The van der Waals surface area contributed by atoms with E-state index in [2.05, 4.69) is 15.0 Å². The predicted octanol–water partition coefficient (Wildman–Crippen LogP) is 3.13. The fourth-order valence-corrected chi connectivity index (χ4v) is 3.86. The molecule has 0 bridgehead atoms. The van der Waals surface area contributed by atoms with Gasteiger partial charge in [-0.25, -0.2) is 13.1 Å². The molecule has 1 aromatic heterocycles. The van der Waals surface area contributed by atoms with Gasteiger partial charge in [-0.1, -0.05) is 24.3 Å². The van der Waals surface area contributed by atoms with Gasteiger partial charge in [0.1, 0.15) is 0 Å². The minimum Gasteiger partial charge on any atom is -0.355 e. The molecule has 142 valence electrons. The maximum atomic E-state index is 12.5. The van der Waals surface area contributed by atoms with Crippen LogP contribution in [0.1, 0.15) is 5.69 Å². The summed E-state index contributed by atoms with van der Waals surface area (Å²) < 4.78 is 27.7. The fourth-order valence-electron chi connectivity index (χ4n) is 2.79. The molecule has 0 aliphatic rings. The van der Waals surface area contributed by atoms with E-state index >= 15 is 0 Å². The first-order chi connectivity index (χ1) is 12.8. The number of para-hydroxylation sites is 1. The van der Waals surface area contributed by atoms with Crippen LogP contribution in [0.4, 0.5) is 11.4 Å². The molecule has 0 aliphatic carbocycles. The molecule has 1 heterocycles. The Labute approximate surface area is 160 Å². The molecule has 6 nitrogen and oxygen atoms in total. The number of likely N-dealkylation sites (N-methyl/N-ethyl adjacent to an activating group) is 1. The average Bonchev–Trinajstić information content (AvgIpc) is 2.61. The summed E-state index contributed by atoms with van der Waals surface area (Å²) >= 11 is 0. The number of hydrogen-bond acceptors (Lipinski definition) is 5. The van der Waals surface area contributed by atoms with Crippen molar-refractivity contribution in [2.75, 3.05) is 32.5 Å². The third-order valence-corrected chi connectivity index (χ3v) is 5.58. The van der Waals surface area contributed by atoms with Gasteiger partial charge in [-0.2, -0.15) is 0 Å². The number of fused-ring (bicyclic) bond motifs is 1. The normalized spacial score (nSPS) is 11.9. The first-order valence-electron chi connectivity index (χ1n) is 8.73. The molecule has 0 radical (unpaired) electrons. The summed E-state index contributed by atoms with van der Waals surface area (Å²) in [4.78, 5) is 6.70. The summed E-state index contributed by atoms with van der Waals surface area (Å²) in [5.41, 5.74) is 3.40. The quantitative estimate of drug-likeness (QED) is 0.655. The third-order valence-electron chi connectivity index (χ3n) is 4.12. The monoisotopic (exact) mass is 384 g/mol. The van der Waals surface area contributed by atoms with E-state index in [1.807, 2.05) is 62.3 Å². The molecule has 3 rings (SSSR count). The Morgan fingerprint density at radius 1 is 1.04 bits per heavy atom. The maximum absolute atomic E-state index is 12.5. The minimum atomic E-state index is -3.55. The highest BCUT2D eigenvalue weighted by molar-refractivity contribution is 7.89.